The second-order valence-electron chi connectivity index (χ2n) is 11.6. The summed E-state index contributed by atoms with van der Waals surface area (Å²) in [5.74, 6) is 1.46. The summed E-state index contributed by atoms with van der Waals surface area (Å²) in [5, 5.41) is 8.23. The van der Waals surface area contributed by atoms with E-state index in [-0.39, 0.29) is 17.8 Å². The van der Waals surface area contributed by atoms with Crippen molar-refractivity contribution in [3.63, 3.8) is 0 Å². The Morgan fingerprint density at radius 3 is 2.50 bits per heavy atom. The van der Waals surface area contributed by atoms with E-state index in [0.717, 1.165) is 53.5 Å². The van der Waals surface area contributed by atoms with Crippen LogP contribution in [-0.2, 0) is 6.42 Å². The van der Waals surface area contributed by atoms with Gasteiger partial charge in [-0.15, -0.1) is 18.3 Å². The van der Waals surface area contributed by atoms with Crippen LogP contribution < -0.4 is 15.0 Å². The second-order valence-corrected chi connectivity index (χ2v) is 12.7. The van der Waals surface area contributed by atoms with E-state index in [1.807, 2.05) is 31.2 Å². The highest BCUT2D eigenvalue weighted by atomic mass is 32.2. The van der Waals surface area contributed by atoms with E-state index in [1.54, 1.807) is 11.8 Å². The van der Waals surface area contributed by atoms with Gasteiger partial charge in [0.05, 0.1) is 5.69 Å². The number of hydrogen-bond acceptors (Lipinski definition) is 5. The highest BCUT2D eigenvalue weighted by molar-refractivity contribution is 8.14. The number of urea groups is 1. The number of carbonyl (C=O) groups excluding carboxylic acids is 1. The molecule has 46 heavy (non-hydrogen) atoms. The average Bonchev–Trinajstić information content (AvgIpc) is 3.67. The highest BCUT2D eigenvalue weighted by Gasteiger charge is 2.31. The quantitative estimate of drug-likeness (QED) is 0.186. The third kappa shape index (κ3) is 8.68. The summed E-state index contributed by atoms with van der Waals surface area (Å²) < 4.78 is 42.7. The average molecular weight is 651 g/mol. The molecule has 1 aliphatic heterocycles. The molecular formula is C34H37F3N6O2S. The summed E-state index contributed by atoms with van der Waals surface area (Å²) in [5.41, 5.74) is 6.09. The maximum absolute atomic E-state index is 12.8. The van der Waals surface area contributed by atoms with E-state index in [2.05, 4.69) is 69.0 Å². The van der Waals surface area contributed by atoms with Gasteiger partial charge < -0.3 is 15.0 Å². The molecule has 0 radical (unpaired) electrons. The molecule has 1 saturated heterocycles. The Hall–Kier alpha value is -4.32. The Labute approximate surface area is 271 Å². The van der Waals surface area contributed by atoms with E-state index in [0.29, 0.717) is 17.4 Å². The molecule has 3 aromatic carbocycles. The number of aromatic nitrogens is 3. The molecule has 0 aliphatic carbocycles. The first-order valence-electron chi connectivity index (χ1n) is 15.2. The van der Waals surface area contributed by atoms with Gasteiger partial charge in [0.15, 0.2) is 11.0 Å². The predicted molar refractivity (Wildman–Crippen MR) is 177 cm³/mol. The Kier molecular flexibility index (Phi) is 10.4. The van der Waals surface area contributed by atoms with Crippen LogP contribution in [0.3, 0.4) is 0 Å². The molecule has 242 valence electrons. The minimum Gasteiger partial charge on any atom is -0.406 e. The maximum Gasteiger partial charge on any atom is 0.573 e. The zero-order valence-corrected chi connectivity index (χ0v) is 27.0. The summed E-state index contributed by atoms with van der Waals surface area (Å²) in [4.78, 5) is 23.8. The molecule has 1 atom stereocenters. The summed E-state index contributed by atoms with van der Waals surface area (Å²) in [6.07, 6.45) is -0.686. The molecule has 5 rings (SSSR count). The van der Waals surface area contributed by atoms with Gasteiger partial charge in [0, 0.05) is 29.6 Å². The van der Waals surface area contributed by atoms with Gasteiger partial charge in [-0.2, -0.15) is 4.99 Å². The van der Waals surface area contributed by atoms with Crippen molar-refractivity contribution in [3.8, 4) is 22.8 Å². The van der Waals surface area contributed by atoms with E-state index in [4.69, 9.17) is 0 Å². The molecule has 12 heteroatoms. The number of alkyl halides is 3. The number of carbonyl (C=O) groups is 1. The number of ether oxygens (including phenoxy) is 1. The molecule has 2 heterocycles. The fraction of sp³-hybridized carbons (Fsp3) is 0.353. The van der Waals surface area contributed by atoms with Crippen molar-refractivity contribution in [2.45, 2.75) is 65.3 Å². The van der Waals surface area contributed by atoms with Crippen LogP contribution in [0.1, 0.15) is 56.2 Å². The summed E-state index contributed by atoms with van der Waals surface area (Å²) in [6.45, 7) is 9.26. The molecule has 0 bridgehead atoms. The molecule has 8 nitrogen and oxygen atoms in total. The van der Waals surface area contributed by atoms with Gasteiger partial charge in [0.1, 0.15) is 12.1 Å². The van der Waals surface area contributed by atoms with Crippen LogP contribution in [0.5, 0.6) is 5.75 Å². The van der Waals surface area contributed by atoms with Crippen LogP contribution in [0.4, 0.5) is 23.7 Å². The number of anilines is 1. The first kappa shape index (κ1) is 33.1. The van der Waals surface area contributed by atoms with Crippen molar-refractivity contribution in [1.29, 1.82) is 0 Å². The fourth-order valence-electron chi connectivity index (χ4n) is 5.25. The van der Waals surface area contributed by atoms with Gasteiger partial charge in [-0.25, -0.2) is 14.5 Å². The largest absolute Gasteiger partial charge is 0.573 e. The van der Waals surface area contributed by atoms with Crippen LogP contribution in [0.2, 0.25) is 0 Å². The van der Waals surface area contributed by atoms with Crippen molar-refractivity contribution in [2.24, 2.45) is 4.99 Å². The lowest BCUT2D eigenvalue weighted by atomic mass is 9.99. The Morgan fingerprint density at radius 1 is 1.07 bits per heavy atom. The van der Waals surface area contributed by atoms with Gasteiger partial charge in [0.25, 0.3) is 0 Å². The lowest BCUT2D eigenvalue weighted by Crippen LogP contribution is -2.33. The van der Waals surface area contributed by atoms with Crippen LogP contribution in [0.15, 0.2) is 78.0 Å². The molecule has 4 aromatic rings. The van der Waals surface area contributed by atoms with Gasteiger partial charge in [-0.1, -0.05) is 62.0 Å². The SMILES string of the molecule is Cc1ccc(C(C)C)c(N2CCS/C2=N\C(=O)NC(C)CCCc2ccc(-c3ncn(-c4ccc(OC(F)(F)F)cc4)n3)cc2)c1. The number of benzene rings is 3. The van der Waals surface area contributed by atoms with E-state index < -0.39 is 6.36 Å². The van der Waals surface area contributed by atoms with Crippen LogP contribution in [-0.4, -0.2) is 50.7 Å². The summed E-state index contributed by atoms with van der Waals surface area (Å²) >= 11 is 1.61. The third-order valence-corrected chi connectivity index (χ3v) is 8.54. The monoisotopic (exact) mass is 650 g/mol. The Balaban J connectivity index is 1.11. The van der Waals surface area contributed by atoms with E-state index in [1.165, 1.54) is 46.4 Å². The number of aliphatic imine (C=N–C) groups is 1. The Morgan fingerprint density at radius 2 is 1.80 bits per heavy atom. The predicted octanol–water partition coefficient (Wildman–Crippen LogP) is 8.29. The Bertz CT molecular complexity index is 1670. The maximum atomic E-state index is 12.8. The number of nitrogens with zero attached hydrogens (tertiary/aromatic N) is 5. The number of aryl methyl sites for hydroxylation is 2. The standard InChI is InChI=1S/C34H37F3N6O2S/c1-22(2)29-17-8-23(3)20-30(29)42-18-19-46-33(42)40-32(44)39-24(4)6-5-7-25-9-11-26(12-10-25)31-38-21-43(41-31)27-13-15-28(16-14-27)45-34(35,36)37/h8-17,20-22,24H,5-7,18-19H2,1-4H3,(H,39,44)/b40-33-. The van der Waals surface area contributed by atoms with E-state index >= 15 is 0 Å². The third-order valence-electron chi connectivity index (χ3n) is 7.58. The van der Waals surface area contributed by atoms with Crippen molar-refractivity contribution in [1.82, 2.24) is 20.1 Å². The normalized spacial score (nSPS) is 15.0. The fourth-order valence-corrected chi connectivity index (χ4v) is 6.20. The minimum absolute atomic E-state index is 0.0246. The topological polar surface area (TPSA) is 84.6 Å². The molecule has 1 aromatic heterocycles. The first-order chi connectivity index (χ1) is 21.9. The van der Waals surface area contributed by atoms with Crippen molar-refractivity contribution in [3.05, 3.63) is 89.7 Å². The van der Waals surface area contributed by atoms with Crippen molar-refractivity contribution < 1.29 is 22.7 Å². The lowest BCUT2D eigenvalue weighted by molar-refractivity contribution is -0.274. The number of thioether (sulfide) groups is 1. The zero-order chi connectivity index (χ0) is 32.8. The van der Waals surface area contributed by atoms with Gasteiger partial charge in [0.2, 0.25) is 0 Å². The molecule has 1 aliphatic rings. The molecule has 1 N–H and O–H groups in total. The minimum atomic E-state index is -4.74. The second kappa shape index (κ2) is 14.4. The molecule has 2 amide bonds. The van der Waals surface area contributed by atoms with Gasteiger partial charge >= 0.3 is 12.4 Å². The molecule has 0 spiro atoms. The first-order valence-corrected chi connectivity index (χ1v) is 16.2. The smallest absolute Gasteiger partial charge is 0.406 e. The van der Waals surface area contributed by atoms with Crippen LogP contribution in [0, 0.1) is 6.92 Å². The lowest BCUT2D eigenvalue weighted by Gasteiger charge is -2.24. The molecule has 1 fully saturated rings. The molecular weight excluding hydrogens is 613 g/mol. The van der Waals surface area contributed by atoms with E-state index in [9.17, 15) is 18.0 Å². The number of hydrogen-bond donors (Lipinski definition) is 1. The van der Waals surface area contributed by atoms with Crippen molar-refractivity contribution in [2.75, 3.05) is 17.2 Å². The summed E-state index contributed by atoms with van der Waals surface area (Å²) in [6, 6.07) is 19.5. The summed E-state index contributed by atoms with van der Waals surface area (Å²) in [7, 11) is 0. The van der Waals surface area contributed by atoms with Crippen LogP contribution >= 0.6 is 11.8 Å². The number of rotatable bonds is 10. The molecule has 1 unspecified atom stereocenters. The number of amidine groups is 1. The molecule has 0 saturated carbocycles. The highest BCUT2D eigenvalue weighted by Crippen LogP contribution is 2.33. The number of halogens is 3. The number of nitrogens with one attached hydrogen (secondary N) is 1. The van der Waals surface area contributed by atoms with Gasteiger partial charge in [-0.3, -0.25) is 0 Å². The number of amides is 2. The van der Waals surface area contributed by atoms with Gasteiger partial charge in [-0.05, 0) is 86.1 Å². The zero-order valence-electron chi connectivity index (χ0n) is 26.2. The van der Waals surface area contributed by atoms with Crippen molar-refractivity contribution >= 4 is 28.6 Å². The van der Waals surface area contributed by atoms with Crippen LogP contribution in [0.25, 0.3) is 17.1 Å².